The summed E-state index contributed by atoms with van der Waals surface area (Å²) < 4.78 is 13.0. The SMILES string of the molecule is O=C(O)c1cc(C(O)C(O)CBr)ccc1F. The smallest absolute Gasteiger partial charge is 0.338 e. The van der Waals surface area contributed by atoms with Crippen molar-refractivity contribution in [3.8, 4) is 0 Å². The summed E-state index contributed by atoms with van der Waals surface area (Å²) >= 11 is 2.97. The summed E-state index contributed by atoms with van der Waals surface area (Å²) in [5.41, 5.74) is -0.371. The second-order valence-electron chi connectivity index (χ2n) is 3.21. The minimum Gasteiger partial charge on any atom is -0.478 e. The molecule has 0 aliphatic carbocycles. The quantitative estimate of drug-likeness (QED) is 0.732. The maximum Gasteiger partial charge on any atom is 0.338 e. The highest BCUT2D eigenvalue weighted by atomic mass is 79.9. The minimum atomic E-state index is -1.42. The average Bonchev–Trinajstić information content (AvgIpc) is 2.27. The van der Waals surface area contributed by atoms with E-state index in [2.05, 4.69) is 15.9 Å². The highest BCUT2D eigenvalue weighted by Gasteiger charge is 2.20. The normalized spacial score (nSPS) is 14.5. The van der Waals surface area contributed by atoms with Crippen molar-refractivity contribution < 1.29 is 24.5 Å². The zero-order chi connectivity index (χ0) is 12.3. The fourth-order valence-corrected chi connectivity index (χ4v) is 1.55. The summed E-state index contributed by atoms with van der Waals surface area (Å²) in [7, 11) is 0. The van der Waals surface area contributed by atoms with Gasteiger partial charge in [0.2, 0.25) is 0 Å². The van der Waals surface area contributed by atoms with Crippen LogP contribution in [-0.2, 0) is 0 Å². The molecule has 0 heterocycles. The van der Waals surface area contributed by atoms with Crippen molar-refractivity contribution in [1.29, 1.82) is 0 Å². The van der Waals surface area contributed by atoms with Crippen LogP contribution in [0.2, 0.25) is 0 Å². The van der Waals surface area contributed by atoms with E-state index in [-0.39, 0.29) is 10.9 Å². The van der Waals surface area contributed by atoms with E-state index in [0.717, 1.165) is 12.1 Å². The number of carbonyl (C=O) groups is 1. The highest BCUT2D eigenvalue weighted by Crippen LogP contribution is 2.21. The molecule has 3 N–H and O–H groups in total. The van der Waals surface area contributed by atoms with E-state index >= 15 is 0 Å². The number of aliphatic hydroxyl groups is 2. The Hall–Kier alpha value is -0.980. The van der Waals surface area contributed by atoms with Gasteiger partial charge in [-0.05, 0) is 17.7 Å². The van der Waals surface area contributed by atoms with Gasteiger partial charge >= 0.3 is 5.97 Å². The van der Waals surface area contributed by atoms with Crippen molar-refractivity contribution in [2.75, 3.05) is 5.33 Å². The molecular formula is C10H10BrFO4. The predicted molar refractivity (Wildman–Crippen MR) is 58.1 cm³/mol. The maximum atomic E-state index is 13.0. The van der Waals surface area contributed by atoms with Crippen molar-refractivity contribution in [3.63, 3.8) is 0 Å². The standard InChI is InChI=1S/C10H10BrFO4/c11-4-8(13)9(14)5-1-2-7(12)6(3-5)10(15)16/h1-3,8-9,13-14H,4H2,(H,15,16). The summed E-state index contributed by atoms with van der Waals surface area (Å²) in [6, 6.07) is 3.19. The van der Waals surface area contributed by atoms with Crippen LogP contribution in [0.1, 0.15) is 22.0 Å². The molecule has 0 fully saturated rings. The first-order valence-corrected chi connectivity index (χ1v) is 5.54. The predicted octanol–water partition coefficient (Wildman–Crippen LogP) is 1.31. The maximum absolute atomic E-state index is 13.0. The molecule has 1 rings (SSSR count). The summed E-state index contributed by atoms with van der Waals surface area (Å²) in [4.78, 5) is 10.6. The van der Waals surface area contributed by atoms with Gasteiger partial charge < -0.3 is 15.3 Å². The Labute approximate surface area is 99.5 Å². The molecule has 0 bridgehead atoms. The Balaban J connectivity index is 3.07. The monoisotopic (exact) mass is 292 g/mol. The lowest BCUT2D eigenvalue weighted by Gasteiger charge is -2.16. The second kappa shape index (κ2) is 5.38. The zero-order valence-corrected chi connectivity index (χ0v) is 9.69. The van der Waals surface area contributed by atoms with Crippen LogP contribution in [0, 0.1) is 5.82 Å². The lowest BCUT2D eigenvalue weighted by atomic mass is 10.0. The summed E-state index contributed by atoms with van der Waals surface area (Å²) in [5, 5.41) is 27.7. The molecule has 2 atom stereocenters. The lowest BCUT2D eigenvalue weighted by Crippen LogP contribution is -2.20. The van der Waals surface area contributed by atoms with Crippen LogP contribution in [0.15, 0.2) is 18.2 Å². The van der Waals surface area contributed by atoms with Gasteiger partial charge in [0, 0.05) is 5.33 Å². The average molecular weight is 293 g/mol. The summed E-state index contributed by atoms with van der Waals surface area (Å²) in [6.07, 6.45) is -2.33. The van der Waals surface area contributed by atoms with Gasteiger partial charge in [-0.1, -0.05) is 22.0 Å². The molecule has 6 heteroatoms. The molecule has 0 aliphatic rings. The van der Waals surface area contributed by atoms with E-state index in [0.29, 0.717) is 0 Å². The number of rotatable bonds is 4. The molecule has 0 saturated carbocycles. The largest absolute Gasteiger partial charge is 0.478 e. The van der Waals surface area contributed by atoms with Crippen LogP contribution in [0.25, 0.3) is 0 Å². The van der Waals surface area contributed by atoms with Crippen molar-refractivity contribution in [2.24, 2.45) is 0 Å². The Kier molecular flexibility index (Phi) is 4.40. The molecule has 0 saturated heterocycles. The molecule has 16 heavy (non-hydrogen) atoms. The Morgan fingerprint density at radius 2 is 2.06 bits per heavy atom. The van der Waals surface area contributed by atoms with Gasteiger partial charge in [0.15, 0.2) is 0 Å². The van der Waals surface area contributed by atoms with Gasteiger partial charge in [0.1, 0.15) is 11.9 Å². The number of aromatic carboxylic acids is 1. The van der Waals surface area contributed by atoms with Crippen molar-refractivity contribution in [1.82, 2.24) is 0 Å². The molecule has 0 aliphatic heterocycles. The molecule has 2 unspecified atom stereocenters. The number of carboxylic acids is 1. The molecule has 1 aromatic rings. The minimum absolute atomic E-state index is 0.133. The fourth-order valence-electron chi connectivity index (χ4n) is 1.20. The van der Waals surface area contributed by atoms with Crippen LogP contribution in [0.3, 0.4) is 0 Å². The Bertz CT molecular complexity index is 396. The number of carboxylic acid groups (broad SMARTS) is 1. The fraction of sp³-hybridized carbons (Fsp3) is 0.300. The molecule has 4 nitrogen and oxygen atoms in total. The number of benzene rings is 1. The van der Waals surface area contributed by atoms with Crippen molar-refractivity contribution in [3.05, 3.63) is 35.1 Å². The van der Waals surface area contributed by atoms with Crippen LogP contribution in [0.5, 0.6) is 0 Å². The molecular weight excluding hydrogens is 283 g/mol. The van der Waals surface area contributed by atoms with E-state index in [1.807, 2.05) is 0 Å². The topological polar surface area (TPSA) is 77.8 Å². The third kappa shape index (κ3) is 2.78. The molecule has 88 valence electrons. The van der Waals surface area contributed by atoms with Gasteiger partial charge in [0.05, 0.1) is 11.7 Å². The van der Waals surface area contributed by atoms with Gasteiger partial charge in [-0.3, -0.25) is 0 Å². The first kappa shape index (κ1) is 13.1. The number of hydrogen-bond acceptors (Lipinski definition) is 3. The van der Waals surface area contributed by atoms with Crippen LogP contribution in [0.4, 0.5) is 4.39 Å². The van der Waals surface area contributed by atoms with Crippen molar-refractivity contribution in [2.45, 2.75) is 12.2 Å². The van der Waals surface area contributed by atoms with E-state index in [9.17, 15) is 19.4 Å². The van der Waals surface area contributed by atoms with Crippen LogP contribution >= 0.6 is 15.9 Å². The molecule has 0 spiro atoms. The van der Waals surface area contributed by atoms with Crippen molar-refractivity contribution >= 4 is 21.9 Å². The number of hydrogen-bond donors (Lipinski definition) is 3. The first-order chi connectivity index (χ1) is 7.47. The Morgan fingerprint density at radius 3 is 2.56 bits per heavy atom. The van der Waals surface area contributed by atoms with Crippen LogP contribution < -0.4 is 0 Å². The zero-order valence-electron chi connectivity index (χ0n) is 8.10. The van der Waals surface area contributed by atoms with Gasteiger partial charge in [-0.15, -0.1) is 0 Å². The third-order valence-corrected chi connectivity index (χ3v) is 2.75. The van der Waals surface area contributed by atoms with E-state index < -0.39 is 29.6 Å². The van der Waals surface area contributed by atoms with Gasteiger partial charge in [-0.2, -0.15) is 0 Å². The van der Waals surface area contributed by atoms with Gasteiger partial charge in [0.25, 0.3) is 0 Å². The Morgan fingerprint density at radius 1 is 1.44 bits per heavy atom. The second-order valence-corrected chi connectivity index (χ2v) is 3.86. The van der Waals surface area contributed by atoms with E-state index in [4.69, 9.17) is 5.11 Å². The van der Waals surface area contributed by atoms with Crippen LogP contribution in [-0.4, -0.2) is 32.7 Å². The molecule has 1 aromatic carbocycles. The summed E-state index contributed by atoms with van der Waals surface area (Å²) in [5.74, 6) is -2.29. The number of aliphatic hydroxyl groups excluding tert-OH is 2. The third-order valence-electron chi connectivity index (χ3n) is 2.08. The molecule has 0 amide bonds. The van der Waals surface area contributed by atoms with E-state index in [1.165, 1.54) is 6.07 Å². The molecule has 0 radical (unpaired) electrons. The molecule has 0 aromatic heterocycles. The number of alkyl halides is 1. The summed E-state index contributed by atoms with van der Waals surface area (Å²) in [6.45, 7) is 0. The number of halogens is 2. The first-order valence-electron chi connectivity index (χ1n) is 4.42. The highest BCUT2D eigenvalue weighted by molar-refractivity contribution is 9.09. The van der Waals surface area contributed by atoms with Gasteiger partial charge in [-0.25, -0.2) is 9.18 Å². The lowest BCUT2D eigenvalue weighted by molar-refractivity contribution is 0.0341. The van der Waals surface area contributed by atoms with E-state index in [1.54, 1.807) is 0 Å².